The fraction of sp³-hybridized carbons (Fsp3) is 0.294. The second-order valence-corrected chi connectivity index (χ2v) is 8.31. The zero-order chi connectivity index (χ0) is 20.1. The highest BCUT2D eigenvalue weighted by molar-refractivity contribution is 8.13. The Labute approximate surface area is 165 Å². The van der Waals surface area contributed by atoms with Crippen LogP contribution >= 0.6 is 23.1 Å². The van der Waals surface area contributed by atoms with Gasteiger partial charge in [-0.15, -0.1) is 0 Å². The molecule has 1 aliphatic carbocycles. The Kier molecular flexibility index (Phi) is 4.84. The van der Waals surface area contributed by atoms with E-state index in [4.69, 9.17) is 0 Å². The van der Waals surface area contributed by atoms with Crippen molar-refractivity contribution < 1.29 is 22.4 Å². The van der Waals surface area contributed by atoms with Crippen LogP contribution < -0.4 is 15.8 Å². The van der Waals surface area contributed by atoms with Gasteiger partial charge in [0.05, 0.1) is 22.0 Å². The molecule has 1 amide bonds. The Morgan fingerprint density at radius 3 is 2.93 bits per heavy atom. The van der Waals surface area contributed by atoms with E-state index in [1.165, 1.54) is 28.5 Å². The first kappa shape index (κ1) is 19.2. The number of anilines is 2. The molecule has 4 rings (SSSR count). The summed E-state index contributed by atoms with van der Waals surface area (Å²) < 4.78 is 54.4. The number of halogens is 4. The number of hydrazine groups is 1. The molecule has 1 aromatic carbocycles. The maximum atomic E-state index is 14.0. The van der Waals surface area contributed by atoms with Crippen molar-refractivity contribution >= 4 is 44.9 Å². The van der Waals surface area contributed by atoms with E-state index >= 15 is 0 Å². The van der Waals surface area contributed by atoms with E-state index < -0.39 is 17.6 Å². The molecular weight excluding hydrogens is 416 g/mol. The maximum absolute atomic E-state index is 14.0. The molecule has 0 radical (unpaired) electrons. The molecule has 11 heteroatoms. The van der Waals surface area contributed by atoms with Crippen LogP contribution in [0.1, 0.15) is 23.1 Å². The lowest BCUT2D eigenvalue weighted by Gasteiger charge is -2.25. The summed E-state index contributed by atoms with van der Waals surface area (Å²) >= 11 is 2.30. The predicted molar refractivity (Wildman–Crippen MR) is 102 cm³/mol. The molecule has 2 aromatic rings. The zero-order valence-corrected chi connectivity index (χ0v) is 16.1. The number of rotatable bonds is 3. The van der Waals surface area contributed by atoms with Crippen molar-refractivity contribution in [1.29, 1.82) is 0 Å². The number of hydrogen-bond acceptors (Lipinski definition) is 6. The number of hydrogen-bond donors (Lipinski definition) is 2. The molecule has 1 aromatic heterocycles. The average molecular weight is 430 g/mol. The summed E-state index contributed by atoms with van der Waals surface area (Å²) in [5, 5.41) is 4.11. The van der Waals surface area contributed by atoms with Gasteiger partial charge in [0, 0.05) is 13.0 Å². The van der Waals surface area contributed by atoms with E-state index in [9.17, 15) is 22.4 Å². The van der Waals surface area contributed by atoms with Crippen molar-refractivity contribution in [3.8, 4) is 0 Å². The van der Waals surface area contributed by atoms with E-state index in [0.29, 0.717) is 40.1 Å². The van der Waals surface area contributed by atoms with Gasteiger partial charge in [-0.1, -0.05) is 36.1 Å². The predicted octanol–water partition coefficient (Wildman–Crippen LogP) is 4.88. The number of benzene rings is 1. The Morgan fingerprint density at radius 1 is 1.43 bits per heavy atom. The SMILES string of the molecule is CCSC(=O)Nc1nc2c(s1)C1=C(CNN1c1cccc(F)c1C(F)(F)F)C2. The number of nitrogens with one attached hydrogen (secondary N) is 2. The summed E-state index contributed by atoms with van der Waals surface area (Å²) in [7, 11) is 0. The highest BCUT2D eigenvalue weighted by atomic mass is 32.2. The molecule has 0 bridgehead atoms. The van der Waals surface area contributed by atoms with Gasteiger partial charge in [0.15, 0.2) is 5.13 Å². The maximum Gasteiger partial charge on any atom is 0.421 e. The monoisotopic (exact) mass is 430 g/mol. The molecule has 28 heavy (non-hydrogen) atoms. The minimum atomic E-state index is -4.84. The molecule has 0 spiro atoms. The summed E-state index contributed by atoms with van der Waals surface area (Å²) in [5.74, 6) is -0.711. The Bertz CT molecular complexity index is 986. The first-order valence-electron chi connectivity index (χ1n) is 8.34. The minimum absolute atomic E-state index is 0.241. The largest absolute Gasteiger partial charge is 0.421 e. The number of thiazole rings is 1. The van der Waals surface area contributed by atoms with Crippen LogP contribution in [0.15, 0.2) is 23.8 Å². The quantitative estimate of drug-likeness (QED) is 0.680. The normalized spacial score (nSPS) is 15.8. The van der Waals surface area contributed by atoms with Gasteiger partial charge in [-0.05, 0) is 23.5 Å². The van der Waals surface area contributed by atoms with Crippen LogP contribution in [-0.4, -0.2) is 22.5 Å². The lowest BCUT2D eigenvalue weighted by atomic mass is 10.1. The third kappa shape index (κ3) is 3.27. The molecule has 2 heterocycles. The molecule has 5 nitrogen and oxygen atoms in total. The number of carbonyl (C=O) groups excluding carboxylic acids is 1. The molecule has 2 N–H and O–H groups in total. The van der Waals surface area contributed by atoms with Crippen LogP contribution in [0.5, 0.6) is 0 Å². The van der Waals surface area contributed by atoms with E-state index in [1.54, 1.807) is 0 Å². The number of fused-ring (bicyclic) bond motifs is 2. The van der Waals surface area contributed by atoms with Gasteiger partial charge in [-0.25, -0.2) is 14.8 Å². The van der Waals surface area contributed by atoms with Crippen molar-refractivity contribution in [3.63, 3.8) is 0 Å². The number of carbonyl (C=O) groups is 1. The highest BCUT2D eigenvalue weighted by Crippen LogP contribution is 2.47. The smallest absolute Gasteiger partial charge is 0.293 e. The van der Waals surface area contributed by atoms with Crippen LogP contribution in [0, 0.1) is 5.82 Å². The minimum Gasteiger partial charge on any atom is -0.293 e. The van der Waals surface area contributed by atoms with E-state index in [-0.39, 0.29) is 10.9 Å². The first-order valence-corrected chi connectivity index (χ1v) is 10.1. The second kappa shape index (κ2) is 7.05. The summed E-state index contributed by atoms with van der Waals surface area (Å²) in [6.45, 7) is 2.20. The number of nitrogens with zero attached hydrogens (tertiary/aromatic N) is 2. The zero-order valence-electron chi connectivity index (χ0n) is 14.5. The fourth-order valence-electron chi connectivity index (χ4n) is 3.26. The van der Waals surface area contributed by atoms with Crippen LogP contribution in [0.2, 0.25) is 0 Å². The van der Waals surface area contributed by atoms with Crippen molar-refractivity contribution in [2.45, 2.75) is 19.5 Å². The van der Waals surface area contributed by atoms with Crippen molar-refractivity contribution in [3.05, 3.63) is 45.7 Å². The molecule has 0 fully saturated rings. The second-order valence-electron chi connectivity index (χ2n) is 6.07. The molecule has 2 aliphatic rings. The fourth-order valence-corrected chi connectivity index (χ4v) is 4.81. The summed E-state index contributed by atoms with van der Waals surface area (Å²) in [6, 6.07) is 3.27. The summed E-state index contributed by atoms with van der Waals surface area (Å²) in [4.78, 5) is 16.8. The molecule has 0 atom stereocenters. The van der Waals surface area contributed by atoms with E-state index in [2.05, 4.69) is 15.7 Å². The van der Waals surface area contributed by atoms with Gasteiger partial charge >= 0.3 is 6.18 Å². The number of alkyl halides is 3. The van der Waals surface area contributed by atoms with Crippen molar-refractivity contribution in [1.82, 2.24) is 10.4 Å². The average Bonchev–Trinajstić information content (AvgIpc) is 3.24. The first-order chi connectivity index (χ1) is 13.3. The van der Waals surface area contributed by atoms with Crippen molar-refractivity contribution in [2.24, 2.45) is 0 Å². The summed E-state index contributed by atoms with van der Waals surface area (Å²) in [6.07, 6.45) is -4.37. The Hall–Kier alpha value is -2.11. The van der Waals surface area contributed by atoms with Crippen LogP contribution in [0.3, 0.4) is 0 Å². The molecule has 1 aliphatic heterocycles. The molecule has 0 saturated carbocycles. The lowest BCUT2D eigenvalue weighted by Crippen LogP contribution is -2.33. The summed E-state index contributed by atoms with van der Waals surface area (Å²) in [5.41, 5.74) is 3.42. The Balaban J connectivity index is 1.70. The van der Waals surface area contributed by atoms with Gasteiger partial charge in [-0.2, -0.15) is 13.2 Å². The van der Waals surface area contributed by atoms with Crippen LogP contribution in [0.4, 0.5) is 33.2 Å². The number of aromatic nitrogens is 1. The van der Waals surface area contributed by atoms with Crippen LogP contribution in [-0.2, 0) is 12.6 Å². The van der Waals surface area contributed by atoms with Gasteiger partial charge in [0.1, 0.15) is 11.4 Å². The standard InChI is InChI=1S/C17H14F4N4OS2/c1-2-27-16(26)24-15-23-10-6-8-7-22-25(13(8)14(10)28-15)11-5-3-4-9(18)12(11)17(19,20)21/h3-5,22H,2,6-7H2,1H3,(H,23,24,26). The third-order valence-electron chi connectivity index (χ3n) is 4.30. The van der Waals surface area contributed by atoms with Crippen LogP contribution in [0.25, 0.3) is 5.70 Å². The molecular formula is C17H14F4N4OS2. The highest BCUT2D eigenvalue weighted by Gasteiger charge is 2.42. The number of amides is 1. The van der Waals surface area contributed by atoms with Gasteiger partial charge in [0.25, 0.3) is 5.24 Å². The molecule has 0 unspecified atom stereocenters. The van der Waals surface area contributed by atoms with Gasteiger partial charge in [-0.3, -0.25) is 15.1 Å². The lowest BCUT2D eigenvalue weighted by molar-refractivity contribution is -0.139. The Morgan fingerprint density at radius 2 is 2.21 bits per heavy atom. The van der Waals surface area contributed by atoms with E-state index in [0.717, 1.165) is 23.4 Å². The van der Waals surface area contributed by atoms with Crippen molar-refractivity contribution in [2.75, 3.05) is 22.6 Å². The number of thioether (sulfide) groups is 1. The van der Waals surface area contributed by atoms with Gasteiger partial charge < -0.3 is 0 Å². The van der Waals surface area contributed by atoms with Gasteiger partial charge in [0.2, 0.25) is 0 Å². The molecule has 0 saturated heterocycles. The van der Waals surface area contributed by atoms with E-state index in [1.807, 2.05) is 6.92 Å². The third-order valence-corrected chi connectivity index (χ3v) is 5.98. The topological polar surface area (TPSA) is 57.3 Å². The molecule has 148 valence electrons.